The van der Waals surface area contributed by atoms with Crippen molar-refractivity contribution in [2.75, 3.05) is 26.2 Å². The minimum absolute atomic E-state index is 0.0407. The van der Waals surface area contributed by atoms with Crippen molar-refractivity contribution in [3.05, 3.63) is 0 Å². The summed E-state index contributed by atoms with van der Waals surface area (Å²) in [4.78, 5) is 26.2. The van der Waals surface area contributed by atoms with Crippen molar-refractivity contribution in [2.24, 2.45) is 11.8 Å². The standard InChI is InChI=1S/C13H23N3O2/c1-3-15-12(17)11-8-14-6-7-16(11)13(18)9(2)10-4-5-10/h9-11,14H,3-8H2,1-2H3,(H,15,17). The van der Waals surface area contributed by atoms with Gasteiger partial charge in [-0.15, -0.1) is 0 Å². The average molecular weight is 253 g/mol. The lowest BCUT2D eigenvalue weighted by Crippen LogP contribution is -2.60. The highest BCUT2D eigenvalue weighted by atomic mass is 16.2. The number of rotatable bonds is 4. The first-order chi connectivity index (χ1) is 8.65. The Kier molecular flexibility index (Phi) is 4.22. The lowest BCUT2D eigenvalue weighted by atomic mass is 10.0. The van der Waals surface area contributed by atoms with Crippen LogP contribution in [0.15, 0.2) is 0 Å². The smallest absolute Gasteiger partial charge is 0.244 e. The zero-order valence-corrected chi connectivity index (χ0v) is 11.2. The number of hydrogen-bond donors (Lipinski definition) is 2. The van der Waals surface area contributed by atoms with Crippen LogP contribution in [0, 0.1) is 11.8 Å². The van der Waals surface area contributed by atoms with E-state index in [1.54, 1.807) is 4.90 Å². The SMILES string of the molecule is CCNC(=O)C1CNCCN1C(=O)C(C)C1CC1. The molecule has 1 heterocycles. The second-order valence-corrected chi connectivity index (χ2v) is 5.27. The maximum Gasteiger partial charge on any atom is 0.244 e. The molecule has 2 aliphatic rings. The van der Waals surface area contributed by atoms with Gasteiger partial charge in [-0.2, -0.15) is 0 Å². The number of carbonyl (C=O) groups is 2. The summed E-state index contributed by atoms with van der Waals surface area (Å²) in [5, 5.41) is 6.00. The molecule has 2 amide bonds. The Bertz CT molecular complexity index is 328. The van der Waals surface area contributed by atoms with E-state index in [9.17, 15) is 9.59 Å². The Hall–Kier alpha value is -1.10. The Labute approximate surface area is 108 Å². The monoisotopic (exact) mass is 253 g/mol. The summed E-state index contributed by atoms with van der Waals surface area (Å²) < 4.78 is 0. The topological polar surface area (TPSA) is 61.4 Å². The minimum atomic E-state index is -0.340. The molecule has 1 saturated heterocycles. The van der Waals surface area contributed by atoms with Crippen molar-refractivity contribution in [2.45, 2.75) is 32.7 Å². The van der Waals surface area contributed by atoms with Crippen molar-refractivity contribution in [1.29, 1.82) is 0 Å². The van der Waals surface area contributed by atoms with Crippen LogP contribution >= 0.6 is 0 Å². The first-order valence-electron chi connectivity index (χ1n) is 6.94. The van der Waals surface area contributed by atoms with Gasteiger partial charge < -0.3 is 15.5 Å². The maximum absolute atomic E-state index is 12.4. The molecular formula is C13H23N3O2. The van der Waals surface area contributed by atoms with Gasteiger partial charge in [-0.3, -0.25) is 9.59 Å². The summed E-state index contributed by atoms with van der Waals surface area (Å²) >= 11 is 0. The van der Waals surface area contributed by atoms with Crippen LogP contribution in [-0.4, -0.2) is 48.9 Å². The molecule has 1 aliphatic carbocycles. The molecule has 0 spiro atoms. The molecule has 2 rings (SSSR count). The van der Waals surface area contributed by atoms with E-state index in [0.29, 0.717) is 25.6 Å². The van der Waals surface area contributed by atoms with E-state index in [4.69, 9.17) is 0 Å². The van der Waals surface area contributed by atoms with Crippen LogP contribution in [0.2, 0.25) is 0 Å². The van der Waals surface area contributed by atoms with Gasteiger partial charge in [0.1, 0.15) is 6.04 Å². The van der Waals surface area contributed by atoms with Crippen LogP contribution in [-0.2, 0) is 9.59 Å². The molecule has 0 radical (unpaired) electrons. The highest BCUT2D eigenvalue weighted by Crippen LogP contribution is 2.37. The normalized spacial score (nSPS) is 25.7. The zero-order valence-electron chi connectivity index (χ0n) is 11.2. The largest absolute Gasteiger partial charge is 0.355 e. The van der Waals surface area contributed by atoms with Gasteiger partial charge in [0.25, 0.3) is 0 Å². The molecule has 2 N–H and O–H groups in total. The lowest BCUT2D eigenvalue weighted by molar-refractivity contribution is -0.144. The molecule has 5 nitrogen and oxygen atoms in total. The molecule has 2 atom stereocenters. The van der Waals surface area contributed by atoms with Gasteiger partial charge in [0.2, 0.25) is 11.8 Å². The molecule has 5 heteroatoms. The highest BCUT2D eigenvalue weighted by Gasteiger charge is 2.39. The molecular weight excluding hydrogens is 230 g/mol. The van der Waals surface area contributed by atoms with E-state index in [0.717, 1.165) is 19.4 Å². The molecule has 2 unspecified atom stereocenters. The number of piperazine rings is 1. The summed E-state index contributed by atoms with van der Waals surface area (Å²) in [6.45, 7) is 6.48. The van der Waals surface area contributed by atoms with Gasteiger partial charge >= 0.3 is 0 Å². The van der Waals surface area contributed by atoms with Crippen LogP contribution in [0.3, 0.4) is 0 Å². The van der Waals surface area contributed by atoms with E-state index in [1.807, 2.05) is 13.8 Å². The van der Waals surface area contributed by atoms with Crippen molar-refractivity contribution >= 4 is 11.8 Å². The average Bonchev–Trinajstić information content (AvgIpc) is 3.21. The fraction of sp³-hybridized carbons (Fsp3) is 0.846. The van der Waals surface area contributed by atoms with Gasteiger partial charge in [-0.05, 0) is 25.7 Å². The molecule has 18 heavy (non-hydrogen) atoms. The second-order valence-electron chi connectivity index (χ2n) is 5.27. The van der Waals surface area contributed by atoms with E-state index in [2.05, 4.69) is 10.6 Å². The van der Waals surface area contributed by atoms with Gasteiger partial charge in [-0.25, -0.2) is 0 Å². The summed E-state index contributed by atoms with van der Waals surface area (Å²) in [6.07, 6.45) is 2.32. The summed E-state index contributed by atoms with van der Waals surface area (Å²) in [5.74, 6) is 0.721. The Morgan fingerprint density at radius 1 is 1.44 bits per heavy atom. The van der Waals surface area contributed by atoms with E-state index in [1.165, 1.54) is 0 Å². The number of carbonyl (C=O) groups excluding carboxylic acids is 2. The zero-order chi connectivity index (χ0) is 13.1. The minimum Gasteiger partial charge on any atom is -0.355 e. The molecule has 2 fully saturated rings. The van der Waals surface area contributed by atoms with Crippen LogP contribution in [0.4, 0.5) is 0 Å². The molecule has 0 bridgehead atoms. The van der Waals surface area contributed by atoms with Gasteiger partial charge in [0, 0.05) is 32.1 Å². The van der Waals surface area contributed by atoms with Gasteiger partial charge in [-0.1, -0.05) is 6.92 Å². The quantitative estimate of drug-likeness (QED) is 0.739. The predicted molar refractivity (Wildman–Crippen MR) is 68.9 cm³/mol. The van der Waals surface area contributed by atoms with Crippen molar-refractivity contribution < 1.29 is 9.59 Å². The van der Waals surface area contributed by atoms with Crippen LogP contribution in [0.25, 0.3) is 0 Å². The summed E-state index contributed by atoms with van der Waals surface area (Å²) in [6, 6.07) is -0.340. The summed E-state index contributed by atoms with van der Waals surface area (Å²) in [7, 11) is 0. The number of hydrogen-bond acceptors (Lipinski definition) is 3. The predicted octanol–water partition coefficient (Wildman–Crippen LogP) is -0.0310. The second kappa shape index (κ2) is 5.69. The fourth-order valence-electron chi connectivity index (χ4n) is 2.55. The first-order valence-corrected chi connectivity index (χ1v) is 6.94. The van der Waals surface area contributed by atoms with Crippen molar-refractivity contribution in [3.8, 4) is 0 Å². The van der Waals surface area contributed by atoms with E-state index < -0.39 is 0 Å². The molecule has 1 aliphatic heterocycles. The van der Waals surface area contributed by atoms with Crippen molar-refractivity contribution in [1.82, 2.24) is 15.5 Å². The third-order valence-corrected chi connectivity index (χ3v) is 3.90. The fourth-order valence-corrected chi connectivity index (χ4v) is 2.55. The van der Waals surface area contributed by atoms with Crippen molar-refractivity contribution in [3.63, 3.8) is 0 Å². The Morgan fingerprint density at radius 2 is 2.17 bits per heavy atom. The molecule has 0 aromatic heterocycles. The van der Waals surface area contributed by atoms with Gasteiger partial charge in [0.05, 0.1) is 0 Å². The van der Waals surface area contributed by atoms with Gasteiger partial charge in [0.15, 0.2) is 0 Å². The number of likely N-dealkylation sites (N-methyl/N-ethyl adjacent to an activating group) is 1. The molecule has 0 aromatic rings. The first kappa shape index (κ1) is 13.3. The third-order valence-electron chi connectivity index (χ3n) is 3.90. The number of nitrogens with zero attached hydrogens (tertiary/aromatic N) is 1. The summed E-state index contributed by atoms with van der Waals surface area (Å²) in [5.41, 5.74) is 0. The molecule has 102 valence electrons. The molecule has 1 saturated carbocycles. The number of amides is 2. The van der Waals surface area contributed by atoms with Crippen LogP contribution < -0.4 is 10.6 Å². The van der Waals surface area contributed by atoms with Crippen LogP contribution in [0.1, 0.15) is 26.7 Å². The Morgan fingerprint density at radius 3 is 2.78 bits per heavy atom. The third kappa shape index (κ3) is 2.83. The van der Waals surface area contributed by atoms with E-state index in [-0.39, 0.29) is 23.8 Å². The highest BCUT2D eigenvalue weighted by molar-refractivity contribution is 5.89. The molecule has 0 aromatic carbocycles. The Balaban J connectivity index is 2.02. The lowest BCUT2D eigenvalue weighted by Gasteiger charge is -2.36. The maximum atomic E-state index is 12.4. The number of nitrogens with one attached hydrogen (secondary N) is 2. The van der Waals surface area contributed by atoms with Crippen LogP contribution in [0.5, 0.6) is 0 Å². The van der Waals surface area contributed by atoms with E-state index >= 15 is 0 Å².